The molecular formula is C16H15NO4. The van der Waals surface area contributed by atoms with E-state index in [2.05, 4.69) is 5.32 Å². The van der Waals surface area contributed by atoms with Crippen LogP contribution in [0.2, 0.25) is 0 Å². The minimum absolute atomic E-state index is 0.0146. The lowest BCUT2D eigenvalue weighted by Gasteiger charge is -2.27. The van der Waals surface area contributed by atoms with Crippen molar-refractivity contribution in [1.29, 1.82) is 0 Å². The Morgan fingerprint density at radius 1 is 1.19 bits per heavy atom. The third-order valence-corrected chi connectivity index (χ3v) is 3.63. The summed E-state index contributed by atoms with van der Waals surface area (Å²) in [5, 5.41) is 22.4. The quantitative estimate of drug-likeness (QED) is 0.790. The summed E-state index contributed by atoms with van der Waals surface area (Å²) in [6, 6.07) is 9.43. The third-order valence-electron chi connectivity index (χ3n) is 3.63. The summed E-state index contributed by atoms with van der Waals surface area (Å²) >= 11 is 0. The first-order valence-corrected chi connectivity index (χ1v) is 6.58. The molecule has 1 unspecified atom stereocenters. The maximum absolute atomic E-state index is 12.2. The molecule has 5 heteroatoms. The van der Waals surface area contributed by atoms with Crippen LogP contribution in [-0.2, 0) is 0 Å². The van der Waals surface area contributed by atoms with Crippen molar-refractivity contribution < 1.29 is 19.7 Å². The van der Waals surface area contributed by atoms with Gasteiger partial charge in [0.15, 0.2) is 17.3 Å². The number of nitrogens with one attached hydrogen (secondary N) is 1. The molecule has 108 valence electrons. The fourth-order valence-corrected chi connectivity index (χ4v) is 2.54. The molecule has 0 aliphatic carbocycles. The van der Waals surface area contributed by atoms with Gasteiger partial charge in [0.1, 0.15) is 5.75 Å². The fourth-order valence-electron chi connectivity index (χ4n) is 2.54. The van der Waals surface area contributed by atoms with Gasteiger partial charge in [0.05, 0.1) is 13.2 Å². The van der Waals surface area contributed by atoms with Crippen LogP contribution in [0.4, 0.5) is 5.69 Å². The molecule has 0 amide bonds. The smallest absolute Gasteiger partial charge is 0.167 e. The van der Waals surface area contributed by atoms with Gasteiger partial charge in [-0.15, -0.1) is 0 Å². The second kappa shape index (κ2) is 5.01. The van der Waals surface area contributed by atoms with E-state index in [0.29, 0.717) is 23.4 Å². The molecule has 0 saturated heterocycles. The molecule has 0 aromatic heterocycles. The molecule has 1 atom stereocenters. The van der Waals surface area contributed by atoms with Crippen LogP contribution in [0.5, 0.6) is 17.2 Å². The lowest BCUT2D eigenvalue weighted by atomic mass is 9.92. The molecule has 0 fully saturated rings. The van der Waals surface area contributed by atoms with Crippen molar-refractivity contribution in [1.82, 2.24) is 0 Å². The second-order valence-corrected chi connectivity index (χ2v) is 4.99. The van der Waals surface area contributed by atoms with E-state index < -0.39 is 0 Å². The van der Waals surface area contributed by atoms with Crippen LogP contribution < -0.4 is 10.1 Å². The van der Waals surface area contributed by atoms with Gasteiger partial charge in [-0.25, -0.2) is 0 Å². The lowest BCUT2D eigenvalue weighted by Crippen LogP contribution is -2.22. The van der Waals surface area contributed by atoms with Crippen LogP contribution in [0.15, 0.2) is 36.4 Å². The number of fused-ring (bicyclic) bond motifs is 1. The van der Waals surface area contributed by atoms with Crippen molar-refractivity contribution >= 4 is 11.5 Å². The number of hydrogen-bond donors (Lipinski definition) is 3. The molecule has 0 spiro atoms. The average Bonchev–Trinajstić information content (AvgIpc) is 2.47. The van der Waals surface area contributed by atoms with Gasteiger partial charge >= 0.3 is 0 Å². The topological polar surface area (TPSA) is 78.8 Å². The highest BCUT2D eigenvalue weighted by molar-refractivity contribution is 6.03. The number of carbonyl (C=O) groups excluding carboxylic acids is 1. The van der Waals surface area contributed by atoms with Gasteiger partial charge < -0.3 is 20.3 Å². The highest BCUT2D eigenvalue weighted by Crippen LogP contribution is 2.37. The van der Waals surface area contributed by atoms with E-state index in [1.54, 1.807) is 18.2 Å². The minimum Gasteiger partial charge on any atom is -0.508 e. The van der Waals surface area contributed by atoms with Crippen LogP contribution >= 0.6 is 0 Å². The zero-order valence-electron chi connectivity index (χ0n) is 11.5. The SMILES string of the molecule is COc1cc(C2CC(=O)c3ccc(O)cc3N2)ccc1O. The van der Waals surface area contributed by atoms with Crippen molar-refractivity contribution in [2.75, 3.05) is 12.4 Å². The summed E-state index contributed by atoms with van der Waals surface area (Å²) in [7, 11) is 1.48. The Morgan fingerprint density at radius 2 is 2.00 bits per heavy atom. The third kappa shape index (κ3) is 2.38. The highest BCUT2D eigenvalue weighted by Gasteiger charge is 2.26. The molecule has 5 nitrogen and oxygen atoms in total. The summed E-state index contributed by atoms with van der Waals surface area (Å²) in [5.74, 6) is 0.545. The number of phenolic OH excluding ortho intramolecular Hbond substituents is 2. The zero-order valence-corrected chi connectivity index (χ0v) is 11.5. The number of benzene rings is 2. The molecule has 0 bridgehead atoms. The van der Waals surface area contributed by atoms with Gasteiger partial charge in [0.2, 0.25) is 0 Å². The van der Waals surface area contributed by atoms with Gasteiger partial charge in [0, 0.05) is 23.7 Å². The molecule has 3 N–H and O–H groups in total. The number of ketones is 1. The Morgan fingerprint density at radius 3 is 2.76 bits per heavy atom. The van der Waals surface area contributed by atoms with Crippen molar-refractivity contribution in [3.8, 4) is 17.2 Å². The molecule has 2 aromatic carbocycles. The van der Waals surface area contributed by atoms with Gasteiger partial charge in [-0.05, 0) is 29.8 Å². The molecule has 2 aromatic rings. The normalized spacial score (nSPS) is 17.0. The highest BCUT2D eigenvalue weighted by atomic mass is 16.5. The largest absolute Gasteiger partial charge is 0.508 e. The molecule has 1 heterocycles. The van der Waals surface area contributed by atoms with Crippen LogP contribution in [0.3, 0.4) is 0 Å². The number of hydrogen-bond acceptors (Lipinski definition) is 5. The molecule has 1 aliphatic rings. The lowest BCUT2D eigenvalue weighted by molar-refractivity contribution is 0.0972. The number of methoxy groups -OCH3 is 1. The Hall–Kier alpha value is -2.69. The Kier molecular flexibility index (Phi) is 3.17. The molecule has 21 heavy (non-hydrogen) atoms. The average molecular weight is 285 g/mol. The second-order valence-electron chi connectivity index (χ2n) is 4.99. The maximum atomic E-state index is 12.2. The van der Waals surface area contributed by atoms with Crippen molar-refractivity contribution in [2.24, 2.45) is 0 Å². The van der Waals surface area contributed by atoms with Gasteiger partial charge in [-0.1, -0.05) is 6.07 Å². The van der Waals surface area contributed by atoms with Crippen LogP contribution in [-0.4, -0.2) is 23.1 Å². The number of phenols is 2. The van der Waals surface area contributed by atoms with E-state index in [0.717, 1.165) is 5.56 Å². The first kappa shape index (κ1) is 13.3. The fraction of sp³-hybridized carbons (Fsp3) is 0.188. The van der Waals surface area contributed by atoms with E-state index >= 15 is 0 Å². The monoisotopic (exact) mass is 285 g/mol. The van der Waals surface area contributed by atoms with Gasteiger partial charge in [-0.2, -0.15) is 0 Å². The molecule has 3 rings (SSSR count). The van der Waals surface area contributed by atoms with Gasteiger partial charge in [-0.3, -0.25) is 4.79 Å². The van der Waals surface area contributed by atoms with E-state index in [1.165, 1.54) is 25.3 Å². The predicted octanol–water partition coefficient (Wildman–Crippen LogP) is 2.85. The van der Waals surface area contributed by atoms with Crippen LogP contribution in [0.1, 0.15) is 28.4 Å². The maximum Gasteiger partial charge on any atom is 0.167 e. The summed E-state index contributed by atoms with van der Waals surface area (Å²) in [4.78, 5) is 12.2. The Balaban J connectivity index is 1.97. The van der Waals surface area contributed by atoms with E-state index in [9.17, 15) is 15.0 Å². The molecule has 1 aliphatic heterocycles. The first-order valence-electron chi connectivity index (χ1n) is 6.58. The summed E-state index contributed by atoms with van der Waals surface area (Å²) in [6.07, 6.45) is 0.311. The summed E-state index contributed by atoms with van der Waals surface area (Å²) in [5.41, 5.74) is 2.03. The first-order chi connectivity index (χ1) is 10.1. The minimum atomic E-state index is -0.221. The number of rotatable bonds is 2. The number of ether oxygens (including phenoxy) is 1. The van der Waals surface area contributed by atoms with Crippen molar-refractivity contribution in [3.05, 3.63) is 47.5 Å². The van der Waals surface area contributed by atoms with Crippen LogP contribution in [0.25, 0.3) is 0 Å². The molecular weight excluding hydrogens is 270 g/mol. The Bertz CT molecular complexity index is 711. The number of Topliss-reactive ketones (excluding diaryl/α,β-unsaturated/α-hetero) is 1. The number of aromatic hydroxyl groups is 2. The van der Waals surface area contributed by atoms with E-state index in [4.69, 9.17) is 4.74 Å². The standard InChI is InChI=1S/C16H15NO4/c1-21-16-6-9(2-5-14(16)19)12-8-15(20)11-4-3-10(18)7-13(11)17-12/h2-7,12,17-19H,8H2,1H3. The number of carbonyl (C=O) groups is 1. The van der Waals surface area contributed by atoms with Crippen LogP contribution in [0, 0.1) is 0 Å². The van der Waals surface area contributed by atoms with E-state index in [-0.39, 0.29) is 23.3 Å². The molecule has 0 saturated carbocycles. The number of anilines is 1. The predicted molar refractivity (Wildman–Crippen MR) is 78.1 cm³/mol. The Labute approximate surface area is 121 Å². The van der Waals surface area contributed by atoms with Crippen molar-refractivity contribution in [2.45, 2.75) is 12.5 Å². The summed E-state index contributed by atoms with van der Waals surface area (Å²) < 4.78 is 5.09. The zero-order chi connectivity index (χ0) is 15.0. The summed E-state index contributed by atoms with van der Waals surface area (Å²) in [6.45, 7) is 0. The molecule has 0 radical (unpaired) electrons. The van der Waals surface area contributed by atoms with E-state index in [1.807, 2.05) is 0 Å². The van der Waals surface area contributed by atoms with Crippen molar-refractivity contribution in [3.63, 3.8) is 0 Å². The van der Waals surface area contributed by atoms with Gasteiger partial charge in [0.25, 0.3) is 0 Å².